The molecule has 0 aliphatic rings. The highest BCUT2D eigenvalue weighted by atomic mass is 16.5. The Morgan fingerprint density at radius 2 is 1.44 bits per heavy atom. The number of allylic oxidation sites excluding steroid dienone is 1. The van der Waals surface area contributed by atoms with Gasteiger partial charge in [0.05, 0.1) is 0 Å². The maximum Gasteiger partial charge on any atom is 0.162 e. The van der Waals surface area contributed by atoms with Crippen LogP contribution in [0.5, 0.6) is 11.5 Å². The molecular formula is C29H32O3. The van der Waals surface area contributed by atoms with Crippen LogP contribution in [0.25, 0.3) is 6.08 Å². The summed E-state index contributed by atoms with van der Waals surface area (Å²) in [7, 11) is 0. The number of rotatable bonds is 12. The van der Waals surface area contributed by atoms with Gasteiger partial charge in [-0.1, -0.05) is 99.5 Å². The van der Waals surface area contributed by atoms with Crippen molar-refractivity contribution in [3.05, 3.63) is 102 Å². The van der Waals surface area contributed by atoms with Crippen LogP contribution in [0.4, 0.5) is 0 Å². The smallest absolute Gasteiger partial charge is 0.162 e. The summed E-state index contributed by atoms with van der Waals surface area (Å²) < 4.78 is 12.2. The first-order valence-corrected chi connectivity index (χ1v) is 11.3. The Kier molecular flexibility index (Phi) is 9.12. The van der Waals surface area contributed by atoms with Crippen molar-refractivity contribution in [3.8, 4) is 11.5 Å². The number of hydrogen-bond donors (Lipinski definition) is 0. The van der Waals surface area contributed by atoms with Gasteiger partial charge < -0.3 is 9.47 Å². The second kappa shape index (κ2) is 12.5. The van der Waals surface area contributed by atoms with Gasteiger partial charge in [-0.05, 0) is 41.3 Å². The second-order valence-electron chi connectivity index (χ2n) is 8.03. The van der Waals surface area contributed by atoms with Crippen LogP contribution in [0.1, 0.15) is 49.8 Å². The number of carbonyl (C=O) groups is 1. The SMILES string of the molecule is CCCCC(C)C(=O)/C=C/c1ccc(OCc2ccccc2)c(OCc2ccccc2)c1. The summed E-state index contributed by atoms with van der Waals surface area (Å²) in [6.07, 6.45) is 6.65. The molecule has 3 aromatic carbocycles. The fraction of sp³-hybridized carbons (Fsp3) is 0.276. The van der Waals surface area contributed by atoms with Crippen LogP contribution >= 0.6 is 0 Å². The van der Waals surface area contributed by atoms with Crippen molar-refractivity contribution in [2.75, 3.05) is 0 Å². The van der Waals surface area contributed by atoms with E-state index in [2.05, 4.69) is 6.92 Å². The van der Waals surface area contributed by atoms with E-state index in [1.807, 2.05) is 91.9 Å². The summed E-state index contributed by atoms with van der Waals surface area (Å²) in [5, 5.41) is 0. The molecule has 32 heavy (non-hydrogen) atoms. The zero-order chi connectivity index (χ0) is 22.6. The quantitative estimate of drug-likeness (QED) is 0.285. The van der Waals surface area contributed by atoms with Crippen LogP contribution in [0.15, 0.2) is 84.9 Å². The van der Waals surface area contributed by atoms with E-state index in [1.165, 1.54) is 0 Å². The molecule has 0 heterocycles. The van der Waals surface area contributed by atoms with Gasteiger partial charge in [0.25, 0.3) is 0 Å². The first kappa shape index (κ1) is 23.3. The van der Waals surface area contributed by atoms with E-state index >= 15 is 0 Å². The van der Waals surface area contributed by atoms with Crippen molar-refractivity contribution in [2.45, 2.75) is 46.3 Å². The van der Waals surface area contributed by atoms with E-state index in [-0.39, 0.29) is 11.7 Å². The molecule has 0 fully saturated rings. The minimum atomic E-state index is 0.0495. The molecular weight excluding hydrogens is 396 g/mol. The zero-order valence-corrected chi connectivity index (χ0v) is 19.0. The molecule has 0 N–H and O–H groups in total. The Labute approximate surface area is 191 Å². The number of ether oxygens (including phenoxy) is 2. The van der Waals surface area contributed by atoms with Crippen LogP contribution in [0, 0.1) is 5.92 Å². The molecule has 1 atom stereocenters. The molecule has 3 aromatic rings. The van der Waals surface area contributed by atoms with Crippen molar-refractivity contribution in [1.82, 2.24) is 0 Å². The van der Waals surface area contributed by atoms with E-state index in [1.54, 1.807) is 6.08 Å². The average Bonchev–Trinajstić information content (AvgIpc) is 2.85. The van der Waals surface area contributed by atoms with Gasteiger partial charge in [0.1, 0.15) is 13.2 Å². The lowest BCUT2D eigenvalue weighted by molar-refractivity contribution is -0.117. The predicted molar refractivity (Wildman–Crippen MR) is 131 cm³/mol. The fourth-order valence-corrected chi connectivity index (χ4v) is 3.33. The Morgan fingerprint density at radius 1 is 0.844 bits per heavy atom. The third kappa shape index (κ3) is 7.42. The van der Waals surface area contributed by atoms with E-state index in [0.29, 0.717) is 24.7 Å². The summed E-state index contributed by atoms with van der Waals surface area (Å²) in [4.78, 5) is 12.4. The molecule has 0 radical (unpaired) electrons. The maximum absolute atomic E-state index is 12.4. The minimum absolute atomic E-state index is 0.0495. The summed E-state index contributed by atoms with van der Waals surface area (Å²) in [5.41, 5.74) is 3.09. The van der Waals surface area contributed by atoms with Crippen LogP contribution < -0.4 is 9.47 Å². The highest BCUT2D eigenvalue weighted by Crippen LogP contribution is 2.30. The van der Waals surface area contributed by atoms with Gasteiger partial charge in [-0.15, -0.1) is 0 Å². The Morgan fingerprint density at radius 3 is 2.03 bits per heavy atom. The van der Waals surface area contributed by atoms with E-state index in [0.717, 1.165) is 36.0 Å². The number of carbonyl (C=O) groups excluding carboxylic acids is 1. The highest BCUT2D eigenvalue weighted by molar-refractivity contribution is 5.95. The number of hydrogen-bond acceptors (Lipinski definition) is 3. The molecule has 0 aromatic heterocycles. The van der Waals surface area contributed by atoms with E-state index < -0.39 is 0 Å². The van der Waals surface area contributed by atoms with Gasteiger partial charge in [-0.25, -0.2) is 0 Å². The van der Waals surface area contributed by atoms with E-state index in [4.69, 9.17) is 9.47 Å². The summed E-state index contributed by atoms with van der Waals surface area (Å²) in [6, 6.07) is 25.9. The van der Waals surface area contributed by atoms with Crippen molar-refractivity contribution >= 4 is 11.9 Å². The first-order valence-electron chi connectivity index (χ1n) is 11.3. The first-order chi connectivity index (χ1) is 15.7. The maximum atomic E-state index is 12.4. The number of ketones is 1. The van der Waals surface area contributed by atoms with Crippen LogP contribution in [0.3, 0.4) is 0 Å². The minimum Gasteiger partial charge on any atom is -0.485 e. The van der Waals surface area contributed by atoms with Gasteiger partial charge in [0.15, 0.2) is 17.3 Å². The summed E-state index contributed by atoms with van der Waals surface area (Å²) in [5.74, 6) is 1.56. The zero-order valence-electron chi connectivity index (χ0n) is 19.0. The number of benzene rings is 3. The van der Waals surface area contributed by atoms with Gasteiger partial charge in [0, 0.05) is 5.92 Å². The highest BCUT2D eigenvalue weighted by Gasteiger charge is 2.10. The van der Waals surface area contributed by atoms with Crippen molar-refractivity contribution in [2.24, 2.45) is 5.92 Å². The normalized spacial score (nSPS) is 11.9. The molecule has 0 saturated heterocycles. The molecule has 3 heteroatoms. The van der Waals surface area contributed by atoms with Crippen LogP contribution in [-0.4, -0.2) is 5.78 Å². The third-order valence-corrected chi connectivity index (χ3v) is 5.36. The molecule has 0 spiro atoms. The summed E-state index contributed by atoms with van der Waals surface area (Å²) >= 11 is 0. The van der Waals surface area contributed by atoms with Gasteiger partial charge in [0.2, 0.25) is 0 Å². The standard InChI is InChI=1S/C29H32O3/c1-3-4-11-23(2)27(30)18-16-24-17-19-28(31-21-25-12-7-5-8-13-25)29(20-24)32-22-26-14-9-6-10-15-26/h5-10,12-20,23H,3-4,11,21-22H2,1-2H3/b18-16+. The molecule has 0 aliphatic carbocycles. The molecule has 0 amide bonds. The molecule has 0 saturated carbocycles. The molecule has 3 nitrogen and oxygen atoms in total. The molecule has 1 unspecified atom stereocenters. The van der Waals surface area contributed by atoms with Gasteiger partial charge in [-0.2, -0.15) is 0 Å². The largest absolute Gasteiger partial charge is 0.485 e. The fourth-order valence-electron chi connectivity index (χ4n) is 3.33. The van der Waals surface area contributed by atoms with Crippen LogP contribution in [-0.2, 0) is 18.0 Å². The lowest BCUT2D eigenvalue weighted by Crippen LogP contribution is -2.07. The molecule has 3 rings (SSSR count). The lowest BCUT2D eigenvalue weighted by atomic mass is 9.99. The Hall–Kier alpha value is -3.33. The summed E-state index contributed by atoms with van der Waals surface area (Å²) in [6.45, 7) is 5.05. The topological polar surface area (TPSA) is 35.5 Å². The van der Waals surface area contributed by atoms with Crippen LogP contribution in [0.2, 0.25) is 0 Å². The molecule has 0 bridgehead atoms. The number of unbranched alkanes of at least 4 members (excludes halogenated alkanes) is 1. The molecule has 0 aliphatic heterocycles. The Balaban J connectivity index is 1.73. The molecule has 166 valence electrons. The van der Waals surface area contributed by atoms with Crippen molar-refractivity contribution < 1.29 is 14.3 Å². The predicted octanol–water partition coefficient (Wildman–Crippen LogP) is 7.25. The second-order valence-corrected chi connectivity index (χ2v) is 8.03. The third-order valence-electron chi connectivity index (χ3n) is 5.36. The van der Waals surface area contributed by atoms with Crippen molar-refractivity contribution in [3.63, 3.8) is 0 Å². The van der Waals surface area contributed by atoms with Crippen molar-refractivity contribution in [1.29, 1.82) is 0 Å². The Bertz CT molecular complexity index is 993. The van der Waals surface area contributed by atoms with Gasteiger partial charge >= 0.3 is 0 Å². The van der Waals surface area contributed by atoms with Gasteiger partial charge in [-0.3, -0.25) is 4.79 Å². The average molecular weight is 429 g/mol. The van der Waals surface area contributed by atoms with E-state index in [9.17, 15) is 4.79 Å². The lowest BCUT2D eigenvalue weighted by Gasteiger charge is -2.14. The monoisotopic (exact) mass is 428 g/mol.